The summed E-state index contributed by atoms with van der Waals surface area (Å²) in [6.45, 7) is 6.17. The first-order chi connectivity index (χ1) is 7.59. The molecule has 0 aliphatic carbocycles. The van der Waals surface area contributed by atoms with Crippen LogP contribution in [0.5, 0.6) is 0 Å². The molecule has 1 N–H and O–H groups in total. The standard InChI is InChI=1S/C14H16OS/c1-9-4-5-12(10(2)8-9)14(15)13-6-7-16-11(13)3/h4-8,14-15H,1-3H3. The molecule has 0 spiro atoms. The molecule has 1 aromatic carbocycles. The predicted octanol–water partition coefficient (Wildman–Crippen LogP) is 3.76. The van der Waals surface area contributed by atoms with Crippen molar-refractivity contribution in [3.63, 3.8) is 0 Å². The largest absolute Gasteiger partial charge is 0.384 e. The van der Waals surface area contributed by atoms with E-state index in [1.807, 2.05) is 37.4 Å². The number of hydrogen-bond donors (Lipinski definition) is 1. The van der Waals surface area contributed by atoms with Crippen molar-refractivity contribution in [1.29, 1.82) is 0 Å². The number of aliphatic hydroxyl groups excluding tert-OH is 1. The second-order valence-electron chi connectivity index (χ2n) is 4.19. The molecule has 0 radical (unpaired) electrons. The molecule has 0 aliphatic rings. The first-order valence-electron chi connectivity index (χ1n) is 5.39. The molecule has 84 valence electrons. The Kier molecular flexibility index (Phi) is 3.13. The Morgan fingerprint density at radius 2 is 1.81 bits per heavy atom. The Hall–Kier alpha value is -1.12. The van der Waals surface area contributed by atoms with Crippen LogP contribution in [0.4, 0.5) is 0 Å². The highest BCUT2D eigenvalue weighted by Gasteiger charge is 2.15. The van der Waals surface area contributed by atoms with Crippen LogP contribution in [-0.4, -0.2) is 5.11 Å². The summed E-state index contributed by atoms with van der Waals surface area (Å²) in [4.78, 5) is 1.19. The third kappa shape index (κ3) is 2.04. The highest BCUT2D eigenvalue weighted by atomic mass is 32.1. The smallest absolute Gasteiger partial charge is 0.105 e. The van der Waals surface area contributed by atoms with Gasteiger partial charge in [0, 0.05) is 4.88 Å². The first-order valence-corrected chi connectivity index (χ1v) is 6.27. The maximum absolute atomic E-state index is 10.3. The quantitative estimate of drug-likeness (QED) is 0.836. The summed E-state index contributed by atoms with van der Waals surface area (Å²) in [5.41, 5.74) is 4.41. The van der Waals surface area contributed by atoms with Gasteiger partial charge in [-0.1, -0.05) is 23.8 Å². The molecule has 0 fully saturated rings. The van der Waals surface area contributed by atoms with Gasteiger partial charge in [0.1, 0.15) is 6.10 Å². The third-order valence-corrected chi connectivity index (χ3v) is 3.77. The second kappa shape index (κ2) is 4.40. The van der Waals surface area contributed by atoms with Crippen LogP contribution in [0, 0.1) is 20.8 Å². The van der Waals surface area contributed by atoms with Crippen molar-refractivity contribution in [2.75, 3.05) is 0 Å². The van der Waals surface area contributed by atoms with E-state index in [9.17, 15) is 5.11 Å². The number of benzene rings is 1. The van der Waals surface area contributed by atoms with Crippen molar-refractivity contribution in [1.82, 2.24) is 0 Å². The first kappa shape index (κ1) is 11.4. The van der Waals surface area contributed by atoms with Gasteiger partial charge in [0.15, 0.2) is 0 Å². The van der Waals surface area contributed by atoms with Crippen LogP contribution in [0.25, 0.3) is 0 Å². The lowest BCUT2D eigenvalue weighted by Crippen LogP contribution is -2.02. The Morgan fingerprint density at radius 3 is 2.38 bits per heavy atom. The van der Waals surface area contributed by atoms with Gasteiger partial charge >= 0.3 is 0 Å². The number of aryl methyl sites for hydroxylation is 3. The minimum Gasteiger partial charge on any atom is -0.384 e. The lowest BCUT2D eigenvalue weighted by molar-refractivity contribution is 0.219. The van der Waals surface area contributed by atoms with Gasteiger partial charge in [-0.05, 0) is 48.9 Å². The highest BCUT2D eigenvalue weighted by Crippen LogP contribution is 2.29. The maximum Gasteiger partial charge on any atom is 0.105 e. The molecule has 0 saturated heterocycles. The van der Waals surface area contributed by atoms with E-state index in [0.717, 1.165) is 16.7 Å². The average Bonchev–Trinajstić information content (AvgIpc) is 2.63. The van der Waals surface area contributed by atoms with Gasteiger partial charge in [0.05, 0.1) is 0 Å². The summed E-state index contributed by atoms with van der Waals surface area (Å²) in [7, 11) is 0. The molecule has 0 amide bonds. The number of aliphatic hydroxyl groups is 1. The number of hydrogen-bond acceptors (Lipinski definition) is 2. The Morgan fingerprint density at radius 1 is 1.06 bits per heavy atom. The summed E-state index contributed by atoms with van der Waals surface area (Å²) in [6, 6.07) is 8.18. The molecule has 1 atom stereocenters. The van der Waals surface area contributed by atoms with Crippen LogP contribution < -0.4 is 0 Å². The van der Waals surface area contributed by atoms with Crippen molar-refractivity contribution >= 4 is 11.3 Å². The number of rotatable bonds is 2. The van der Waals surface area contributed by atoms with Gasteiger partial charge in [0.25, 0.3) is 0 Å². The molecule has 1 unspecified atom stereocenters. The van der Waals surface area contributed by atoms with E-state index in [0.29, 0.717) is 0 Å². The van der Waals surface area contributed by atoms with Gasteiger partial charge in [-0.15, -0.1) is 11.3 Å². The molecule has 1 nitrogen and oxygen atoms in total. The van der Waals surface area contributed by atoms with Gasteiger partial charge in [-0.25, -0.2) is 0 Å². The third-order valence-electron chi connectivity index (χ3n) is 2.91. The molecule has 2 heteroatoms. The minimum atomic E-state index is -0.494. The summed E-state index contributed by atoms with van der Waals surface area (Å²) < 4.78 is 0. The summed E-state index contributed by atoms with van der Waals surface area (Å²) in [5, 5.41) is 12.4. The molecule has 1 heterocycles. The molecular weight excluding hydrogens is 216 g/mol. The van der Waals surface area contributed by atoms with Crippen LogP contribution in [-0.2, 0) is 0 Å². The molecule has 1 aromatic heterocycles. The minimum absolute atomic E-state index is 0.494. The van der Waals surface area contributed by atoms with Crippen molar-refractivity contribution in [2.45, 2.75) is 26.9 Å². The summed E-state index contributed by atoms with van der Waals surface area (Å²) >= 11 is 1.68. The topological polar surface area (TPSA) is 20.2 Å². The van der Waals surface area contributed by atoms with Gasteiger partial charge in [-0.2, -0.15) is 0 Å². The Bertz CT molecular complexity index is 499. The maximum atomic E-state index is 10.3. The lowest BCUT2D eigenvalue weighted by atomic mass is 9.97. The van der Waals surface area contributed by atoms with Crippen LogP contribution in [0.15, 0.2) is 29.6 Å². The van der Waals surface area contributed by atoms with E-state index < -0.39 is 6.10 Å². The lowest BCUT2D eigenvalue weighted by Gasteiger charge is -2.14. The number of thiophene rings is 1. The van der Waals surface area contributed by atoms with Gasteiger partial charge in [-0.3, -0.25) is 0 Å². The van der Waals surface area contributed by atoms with E-state index in [-0.39, 0.29) is 0 Å². The molecule has 0 saturated carbocycles. The van der Waals surface area contributed by atoms with Crippen LogP contribution in [0.2, 0.25) is 0 Å². The van der Waals surface area contributed by atoms with Crippen molar-refractivity contribution in [3.05, 3.63) is 56.8 Å². The molecule has 2 aromatic rings. The summed E-state index contributed by atoms with van der Waals surface area (Å²) in [5.74, 6) is 0. The van der Waals surface area contributed by atoms with Crippen molar-refractivity contribution in [3.8, 4) is 0 Å². The van der Waals surface area contributed by atoms with Crippen LogP contribution in [0.1, 0.15) is 33.2 Å². The van der Waals surface area contributed by atoms with Crippen molar-refractivity contribution in [2.24, 2.45) is 0 Å². The normalized spacial score (nSPS) is 12.8. The van der Waals surface area contributed by atoms with E-state index in [1.165, 1.54) is 10.4 Å². The zero-order valence-corrected chi connectivity index (χ0v) is 10.6. The Labute approximate surface area is 100 Å². The molecule has 0 aliphatic heterocycles. The van der Waals surface area contributed by atoms with Crippen LogP contribution in [0.3, 0.4) is 0 Å². The van der Waals surface area contributed by atoms with Gasteiger partial charge < -0.3 is 5.11 Å². The highest BCUT2D eigenvalue weighted by molar-refractivity contribution is 7.10. The van der Waals surface area contributed by atoms with E-state index in [2.05, 4.69) is 13.0 Å². The molecule has 16 heavy (non-hydrogen) atoms. The predicted molar refractivity (Wildman–Crippen MR) is 69.0 cm³/mol. The monoisotopic (exact) mass is 232 g/mol. The Balaban J connectivity index is 2.41. The molecular formula is C14H16OS. The SMILES string of the molecule is Cc1ccc(C(O)c2ccsc2C)c(C)c1. The van der Waals surface area contributed by atoms with E-state index in [1.54, 1.807) is 11.3 Å². The van der Waals surface area contributed by atoms with E-state index >= 15 is 0 Å². The van der Waals surface area contributed by atoms with Crippen molar-refractivity contribution < 1.29 is 5.11 Å². The molecule has 0 bridgehead atoms. The van der Waals surface area contributed by atoms with Crippen LogP contribution >= 0.6 is 11.3 Å². The second-order valence-corrected chi connectivity index (χ2v) is 5.31. The van der Waals surface area contributed by atoms with Gasteiger partial charge in [0.2, 0.25) is 0 Å². The summed E-state index contributed by atoms with van der Waals surface area (Å²) in [6.07, 6.45) is -0.494. The fraction of sp³-hybridized carbons (Fsp3) is 0.286. The average molecular weight is 232 g/mol. The molecule has 2 rings (SSSR count). The zero-order chi connectivity index (χ0) is 11.7. The zero-order valence-electron chi connectivity index (χ0n) is 9.82. The van der Waals surface area contributed by atoms with E-state index in [4.69, 9.17) is 0 Å². The fourth-order valence-electron chi connectivity index (χ4n) is 1.98. The fourth-order valence-corrected chi connectivity index (χ4v) is 2.71.